The average Bonchev–Trinajstić information content (AvgIpc) is 2.52. The van der Waals surface area contributed by atoms with Crippen molar-refractivity contribution in [2.24, 2.45) is 5.92 Å². The number of halogens is 3. The highest BCUT2D eigenvalue weighted by Gasteiger charge is 2.20. The fourth-order valence-electron chi connectivity index (χ4n) is 2.39. The van der Waals surface area contributed by atoms with Crippen molar-refractivity contribution >= 4 is 24.2 Å². The van der Waals surface area contributed by atoms with E-state index in [0.717, 1.165) is 38.1 Å². The summed E-state index contributed by atoms with van der Waals surface area (Å²) in [7, 11) is 0. The molecule has 3 N–H and O–H groups in total. The van der Waals surface area contributed by atoms with Gasteiger partial charge in [-0.1, -0.05) is 6.07 Å². The van der Waals surface area contributed by atoms with E-state index in [1.54, 1.807) is 0 Å². The second kappa shape index (κ2) is 9.42. The van der Waals surface area contributed by atoms with Gasteiger partial charge in [0.25, 0.3) is 5.91 Å². The molecule has 0 atom stereocenters. The maximum atomic E-state index is 13.4. The highest BCUT2D eigenvalue weighted by Crippen LogP contribution is 2.12. The van der Waals surface area contributed by atoms with E-state index in [1.165, 1.54) is 6.07 Å². The van der Waals surface area contributed by atoms with Crippen LogP contribution in [0.5, 0.6) is 0 Å². The van der Waals surface area contributed by atoms with Gasteiger partial charge in [0.15, 0.2) is 0 Å². The molecule has 5 nitrogen and oxygen atoms in total. The zero-order valence-corrected chi connectivity index (χ0v) is 13.3. The van der Waals surface area contributed by atoms with E-state index >= 15 is 0 Å². The zero-order chi connectivity index (χ0) is 15.9. The van der Waals surface area contributed by atoms with Crippen LogP contribution in [0.3, 0.4) is 0 Å². The number of carbonyl (C=O) groups excluding carboxylic acids is 2. The Bertz CT molecular complexity index is 531. The summed E-state index contributed by atoms with van der Waals surface area (Å²) in [6.45, 7) is 1.98. The molecule has 0 spiro atoms. The van der Waals surface area contributed by atoms with Crippen molar-refractivity contribution in [1.82, 2.24) is 16.0 Å². The van der Waals surface area contributed by atoms with E-state index in [2.05, 4.69) is 16.0 Å². The Kier molecular flexibility index (Phi) is 7.91. The largest absolute Gasteiger partial charge is 0.354 e. The van der Waals surface area contributed by atoms with Crippen molar-refractivity contribution < 1.29 is 18.4 Å². The van der Waals surface area contributed by atoms with Gasteiger partial charge in [-0.05, 0) is 38.1 Å². The molecule has 0 aliphatic carbocycles. The Hall–Kier alpha value is -1.73. The van der Waals surface area contributed by atoms with Gasteiger partial charge in [0.05, 0.1) is 0 Å². The van der Waals surface area contributed by atoms with Gasteiger partial charge in [0.2, 0.25) is 5.91 Å². The van der Waals surface area contributed by atoms with Crippen LogP contribution in [0, 0.1) is 17.6 Å². The molecule has 1 aliphatic heterocycles. The molecule has 2 rings (SSSR count). The SMILES string of the molecule is Cl.O=C(NCCNC(=O)C1CCNCC1)c1c(F)cccc1F. The molecule has 1 aliphatic rings. The van der Waals surface area contributed by atoms with Gasteiger partial charge in [-0.15, -0.1) is 12.4 Å². The van der Waals surface area contributed by atoms with Crippen LogP contribution in [0.2, 0.25) is 0 Å². The summed E-state index contributed by atoms with van der Waals surface area (Å²) < 4.78 is 26.8. The third-order valence-electron chi connectivity index (χ3n) is 3.61. The minimum atomic E-state index is -0.906. The lowest BCUT2D eigenvalue weighted by atomic mass is 9.97. The van der Waals surface area contributed by atoms with Crippen LogP contribution in [-0.4, -0.2) is 38.0 Å². The zero-order valence-electron chi connectivity index (χ0n) is 12.5. The lowest BCUT2D eigenvalue weighted by Crippen LogP contribution is -2.41. The normalized spacial score (nSPS) is 14.7. The number of hydrogen-bond donors (Lipinski definition) is 3. The van der Waals surface area contributed by atoms with Gasteiger partial charge in [-0.25, -0.2) is 8.78 Å². The molecule has 0 bridgehead atoms. The van der Waals surface area contributed by atoms with E-state index in [1.807, 2.05) is 0 Å². The van der Waals surface area contributed by atoms with E-state index in [9.17, 15) is 18.4 Å². The van der Waals surface area contributed by atoms with Crippen molar-refractivity contribution in [2.45, 2.75) is 12.8 Å². The Balaban J connectivity index is 0.00000264. The molecule has 128 valence electrons. The number of rotatable bonds is 5. The van der Waals surface area contributed by atoms with Crippen LogP contribution in [0.1, 0.15) is 23.2 Å². The maximum Gasteiger partial charge on any atom is 0.257 e. The average molecular weight is 348 g/mol. The molecular formula is C15H20ClF2N3O2. The first-order valence-electron chi connectivity index (χ1n) is 7.30. The Labute approximate surface area is 139 Å². The van der Waals surface area contributed by atoms with E-state index in [0.29, 0.717) is 0 Å². The molecule has 2 amide bonds. The molecule has 0 radical (unpaired) electrons. The molecule has 1 aromatic rings. The number of nitrogens with one attached hydrogen (secondary N) is 3. The molecule has 8 heteroatoms. The van der Waals surface area contributed by atoms with Crippen molar-refractivity contribution in [1.29, 1.82) is 0 Å². The second-order valence-corrected chi connectivity index (χ2v) is 5.17. The molecule has 0 unspecified atom stereocenters. The van der Waals surface area contributed by atoms with Crippen LogP contribution < -0.4 is 16.0 Å². The summed E-state index contributed by atoms with van der Waals surface area (Å²) in [5.74, 6) is -2.70. The van der Waals surface area contributed by atoms with Gasteiger partial charge in [0.1, 0.15) is 17.2 Å². The third kappa shape index (κ3) is 5.44. The van der Waals surface area contributed by atoms with Gasteiger partial charge >= 0.3 is 0 Å². The van der Waals surface area contributed by atoms with Crippen LogP contribution in [0.15, 0.2) is 18.2 Å². The molecule has 1 saturated heterocycles. The fourth-order valence-corrected chi connectivity index (χ4v) is 2.39. The summed E-state index contributed by atoms with van der Waals surface area (Å²) in [5, 5.41) is 8.28. The fraction of sp³-hybridized carbons (Fsp3) is 0.467. The number of benzene rings is 1. The van der Waals surface area contributed by atoms with Crippen LogP contribution in [0.25, 0.3) is 0 Å². The third-order valence-corrected chi connectivity index (χ3v) is 3.61. The standard InChI is InChI=1S/C15H19F2N3O2.ClH/c16-11-2-1-3-12(17)13(11)15(22)20-9-8-19-14(21)10-4-6-18-7-5-10;/h1-3,10,18H,4-9H2,(H,19,21)(H,20,22);1H. The number of hydrogen-bond acceptors (Lipinski definition) is 3. The van der Waals surface area contributed by atoms with Crippen molar-refractivity contribution in [3.05, 3.63) is 35.4 Å². The smallest absolute Gasteiger partial charge is 0.257 e. The monoisotopic (exact) mass is 347 g/mol. The topological polar surface area (TPSA) is 70.2 Å². The van der Waals surface area contributed by atoms with E-state index in [-0.39, 0.29) is 37.3 Å². The second-order valence-electron chi connectivity index (χ2n) is 5.17. The summed E-state index contributed by atoms with van der Waals surface area (Å²) in [6.07, 6.45) is 1.58. The maximum absolute atomic E-state index is 13.4. The summed E-state index contributed by atoms with van der Waals surface area (Å²) in [5.41, 5.74) is -0.604. The predicted octanol–water partition coefficient (Wildman–Crippen LogP) is 1.23. The Morgan fingerprint density at radius 3 is 2.26 bits per heavy atom. The molecule has 23 heavy (non-hydrogen) atoms. The Morgan fingerprint density at radius 2 is 1.65 bits per heavy atom. The minimum absolute atomic E-state index is 0. The molecule has 1 heterocycles. The molecular weight excluding hydrogens is 328 g/mol. The van der Waals surface area contributed by atoms with Crippen molar-refractivity contribution in [3.8, 4) is 0 Å². The highest BCUT2D eigenvalue weighted by atomic mass is 35.5. The first-order valence-corrected chi connectivity index (χ1v) is 7.30. The highest BCUT2D eigenvalue weighted by molar-refractivity contribution is 5.94. The van der Waals surface area contributed by atoms with Crippen molar-refractivity contribution in [3.63, 3.8) is 0 Å². The van der Waals surface area contributed by atoms with E-state index < -0.39 is 23.1 Å². The quantitative estimate of drug-likeness (QED) is 0.702. The Morgan fingerprint density at radius 1 is 1.09 bits per heavy atom. The van der Waals surface area contributed by atoms with Gasteiger partial charge in [-0.3, -0.25) is 9.59 Å². The molecule has 0 saturated carbocycles. The summed E-state index contributed by atoms with van der Waals surface area (Å²) in [6, 6.07) is 3.24. The minimum Gasteiger partial charge on any atom is -0.354 e. The summed E-state index contributed by atoms with van der Waals surface area (Å²) >= 11 is 0. The number of piperidine rings is 1. The molecule has 1 fully saturated rings. The first-order chi connectivity index (χ1) is 10.6. The number of amides is 2. The number of carbonyl (C=O) groups is 2. The van der Waals surface area contributed by atoms with Gasteiger partial charge in [-0.2, -0.15) is 0 Å². The van der Waals surface area contributed by atoms with Gasteiger partial charge < -0.3 is 16.0 Å². The summed E-state index contributed by atoms with van der Waals surface area (Å²) in [4.78, 5) is 23.6. The molecule has 0 aromatic heterocycles. The van der Waals surface area contributed by atoms with Crippen LogP contribution >= 0.6 is 12.4 Å². The lowest BCUT2D eigenvalue weighted by molar-refractivity contribution is -0.125. The van der Waals surface area contributed by atoms with Crippen LogP contribution in [0.4, 0.5) is 8.78 Å². The van der Waals surface area contributed by atoms with Crippen LogP contribution in [-0.2, 0) is 4.79 Å². The van der Waals surface area contributed by atoms with Crippen molar-refractivity contribution in [2.75, 3.05) is 26.2 Å². The predicted molar refractivity (Wildman–Crippen MR) is 84.5 cm³/mol. The van der Waals surface area contributed by atoms with E-state index in [4.69, 9.17) is 0 Å². The molecule has 1 aromatic carbocycles. The lowest BCUT2D eigenvalue weighted by Gasteiger charge is -2.21. The van der Waals surface area contributed by atoms with Gasteiger partial charge in [0, 0.05) is 19.0 Å². The first kappa shape index (κ1) is 19.3.